The summed E-state index contributed by atoms with van der Waals surface area (Å²) in [4.78, 5) is 29.5. The van der Waals surface area contributed by atoms with Crippen LogP contribution < -0.4 is 5.32 Å². The molecule has 4 rings (SSSR count). The predicted molar refractivity (Wildman–Crippen MR) is 97.1 cm³/mol. The lowest BCUT2D eigenvalue weighted by Gasteiger charge is -2.42. The number of carbonyl (C=O) groups is 2. The standard InChI is InChI=1S/C18H29N3O4S/c1-12-4-3-5-13(2)18(12)16(22)21(17(23)19-18)11-20(14-6-7-14)15-8-9-26(24,25)10-15/h12-15H,3-11H2,1-2H3,(H,19,23). The van der Waals surface area contributed by atoms with Gasteiger partial charge in [0, 0.05) is 12.1 Å². The molecule has 3 unspecified atom stereocenters. The Bertz CT molecular complexity index is 708. The van der Waals surface area contributed by atoms with Crippen molar-refractivity contribution in [2.75, 3.05) is 18.2 Å². The van der Waals surface area contributed by atoms with Crippen LogP contribution in [0.3, 0.4) is 0 Å². The molecule has 2 saturated carbocycles. The van der Waals surface area contributed by atoms with Gasteiger partial charge in [-0.3, -0.25) is 9.69 Å². The minimum atomic E-state index is -3.00. The van der Waals surface area contributed by atoms with Crippen LogP contribution in [0.25, 0.3) is 0 Å². The minimum Gasteiger partial charge on any atom is -0.323 e. The fourth-order valence-corrected chi connectivity index (χ4v) is 6.96. The number of hydrogen-bond donors (Lipinski definition) is 1. The Kier molecular flexibility index (Phi) is 4.34. The Morgan fingerprint density at radius 2 is 1.73 bits per heavy atom. The molecule has 0 bridgehead atoms. The first-order valence-corrected chi connectivity index (χ1v) is 11.7. The van der Waals surface area contributed by atoms with Gasteiger partial charge in [0.05, 0.1) is 18.2 Å². The lowest BCUT2D eigenvalue weighted by molar-refractivity contribution is -0.138. The highest BCUT2D eigenvalue weighted by atomic mass is 32.2. The zero-order valence-corrected chi connectivity index (χ0v) is 16.4. The molecule has 2 heterocycles. The Labute approximate surface area is 155 Å². The van der Waals surface area contributed by atoms with Crippen LogP contribution in [0.5, 0.6) is 0 Å². The van der Waals surface area contributed by atoms with Crippen LogP contribution >= 0.6 is 0 Å². The molecule has 2 saturated heterocycles. The second-order valence-electron chi connectivity index (χ2n) is 8.71. The van der Waals surface area contributed by atoms with E-state index in [-0.39, 0.29) is 48.0 Å². The first-order chi connectivity index (χ1) is 12.2. The van der Waals surface area contributed by atoms with Gasteiger partial charge in [0.25, 0.3) is 5.91 Å². The molecule has 2 aliphatic heterocycles. The first kappa shape index (κ1) is 18.2. The van der Waals surface area contributed by atoms with Crippen molar-refractivity contribution in [1.82, 2.24) is 15.1 Å². The Hall–Kier alpha value is -1.15. The van der Waals surface area contributed by atoms with Gasteiger partial charge in [0.2, 0.25) is 0 Å². The molecule has 3 amide bonds. The molecule has 1 spiro atoms. The van der Waals surface area contributed by atoms with Crippen LogP contribution in [-0.2, 0) is 14.6 Å². The monoisotopic (exact) mass is 383 g/mol. The fraction of sp³-hybridized carbons (Fsp3) is 0.889. The van der Waals surface area contributed by atoms with E-state index in [4.69, 9.17) is 0 Å². The van der Waals surface area contributed by atoms with Gasteiger partial charge in [0.1, 0.15) is 5.54 Å². The molecule has 0 radical (unpaired) electrons. The number of hydrogen-bond acceptors (Lipinski definition) is 5. The molecular formula is C18H29N3O4S. The summed E-state index contributed by atoms with van der Waals surface area (Å²) >= 11 is 0. The molecule has 7 nitrogen and oxygen atoms in total. The van der Waals surface area contributed by atoms with Crippen LogP contribution in [0.1, 0.15) is 52.4 Å². The average molecular weight is 384 g/mol. The number of urea groups is 1. The number of imide groups is 1. The van der Waals surface area contributed by atoms with Crippen molar-refractivity contribution in [3.63, 3.8) is 0 Å². The number of nitrogens with zero attached hydrogens (tertiary/aromatic N) is 2. The van der Waals surface area contributed by atoms with Crippen molar-refractivity contribution >= 4 is 21.8 Å². The second-order valence-corrected chi connectivity index (χ2v) is 10.9. The molecule has 4 fully saturated rings. The Morgan fingerprint density at radius 1 is 1.08 bits per heavy atom. The molecule has 2 aliphatic carbocycles. The van der Waals surface area contributed by atoms with Crippen LogP contribution in [0, 0.1) is 11.8 Å². The summed E-state index contributed by atoms with van der Waals surface area (Å²) in [7, 11) is -3.00. The van der Waals surface area contributed by atoms with E-state index in [1.54, 1.807) is 0 Å². The summed E-state index contributed by atoms with van der Waals surface area (Å²) in [5.74, 6) is 0.473. The molecule has 4 aliphatic rings. The van der Waals surface area contributed by atoms with E-state index in [1.165, 1.54) is 4.90 Å². The van der Waals surface area contributed by atoms with Crippen LogP contribution in [0.15, 0.2) is 0 Å². The summed E-state index contributed by atoms with van der Waals surface area (Å²) in [6, 6.07) is -0.0976. The molecule has 8 heteroatoms. The number of nitrogens with one attached hydrogen (secondary N) is 1. The van der Waals surface area contributed by atoms with Crippen LogP contribution in [0.4, 0.5) is 4.79 Å². The maximum atomic E-state index is 13.3. The third kappa shape index (κ3) is 2.85. The summed E-state index contributed by atoms with van der Waals surface area (Å²) in [5.41, 5.74) is -0.785. The van der Waals surface area contributed by atoms with E-state index in [0.717, 1.165) is 32.1 Å². The highest BCUT2D eigenvalue weighted by Crippen LogP contribution is 2.42. The smallest absolute Gasteiger partial charge is 0.323 e. The summed E-state index contributed by atoms with van der Waals surface area (Å²) in [6.07, 6.45) is 5.59. The van der Waals surface area contributed by atoms with Crippen LogP contribution in [0.2, 0.25) is 0 Å². The van der Waals surface area contributed by atoms with Crippen molar-refractivity contribution < 1.29 is 18.0 Å². The topological polar surface area (TPSA) is 86.8 Å². The maximum absolute atomic E-state index is 13.3. The molecule has 0 aromatic carbocycles. The summed E-state index contributed by atoms with van der Waals surface area (Å²) < 4.78 is 23.8. The van der Waals surface area contributed by atoms with Gasteiger partial charge in [0.15, 0.2) is 9.84 Å². The second kappa shape index (κ2) is 6.19. The van der Waals surface area contributed by atoms with E-state index >= 15 is 0 Å². The van der Waals surface area contributed by atoms with Gasteiger partial charge in [-0.1, -0.05) is 20.3 Å². The van der Waals surface area contributed by atoms with Crippen molar-refractivity contribution in [3.05, 3.63) is 0 Å². The van der Waals surface area contributed by atoms with Gasteiger partial charge in [-0.2, -0.15) is 0 Å². The minimum absolute atomic E-state index is 0.0779. The molecule has 0 aromatic rings. The highest BCUT2D eigenvalue weighted by Gasteiger charge is 2.59. The zero-order valence-electron chi connectivity index (χ0n) is 15.6. The first-order valence-electron chi connectivity index (χ1n) is 9.85. The van der Waals surface area contributed by atoms with Gasteiger partial charge in [-0.15, -0.1) is 0 Å². The third-order valence-corrected chi connectivity index (χ3v) is 8.74. The third-order valence-electron chi connectivity index (χ3n) is 6.98. The van der Waals surface area contributed by atoms with Crippen molar-refractivity contribution in [2.45, 2.75) is 70.0 Å². The number of carbonyl (C=O) groups excluding carboxylic acids is 2. The number of sulfone groups is 1. The van der Waals surface area contributed by atoms with Gasteiger partial charge < -0.3 is 5.32 Å². The SMILES string of the molecule is CC1CCCC(C)C12NC(=O)N(CN(C1CC1)C1CCS(=O)(=O)C1)C2=O. The van der Waals surface area contributed by atoms with E-state index < -0.39 is 15.4 Å². The number of rotatable bonds is 4. The van der Waals surface area contributed by atoms with Crippen LogP contribution in [-0.4, -0.2) is 66.0 Å². The average Bonchev–Trinajstić information content (AvgIpc) is 3.29. The van der Waals surface area contributed by atoms with E-state index in [1.807, 2.05) is 0 Å². The zero-order chi connectivity index (χ0) is 18.7. The Morgan fingerprint density at radius 3 is 2.27 bits per heavy atom. The Balaban J connectivity index is 1.55. The normalized spacial score (nSPS) is 39.8. The molecule has 0 aromatic heterocycles. The van der Waals surface area contributed by atoms with Gasteiger partial charge in [-0.05, 0) is 43.9 Å². The van der Waals surface area contributed by atoms with E-state index in [9.17, 15) is 18.0 Å². The van der Waals surface area contributed by atoms with Gasteiger partial charge in [-0.25, -0.2) is 18.1 Å². The van der Waals surface area contributed by atoms with Crippen molar-refractivity contribution in [3.8, 4) is 0 Å². The van der Waals surface area contributed by atoms with Crippen molar-refractivity contribution in [2.24, 2.45) is 11.8 Å². The predicted octanol–water partition coefficient (Wildman–Crippen LogP) is 1.34. The lowest BCUT2D eigenvalue weighted by atomic mass is 9.67. The largest absolute Gasteiger partial charge is 0.326 e. The van der Waals surface area contributed by atoms with Gasteiger partial charge >= 0.3 is 6.03 Å². The van der Waals surface area contributed by atoms with Crippen molar-refractivity contribution in [1.29, 1.82) is 0 Å². The molecule has 1 N–H and O–H groups in total. The summed E-state index contributed by atoms with van der Waals surface area (Å²) in [5, 5.41) is 3.03. The summed E-state index contributed by atoms with van der Waals surface area (Å²) in [6.45, 7) is 4.33. The number of amides is 3. The maximum Gasteiger partial charge on any atom is 0.326 e. The van der Waals surface area contributed by atoms with E-state index in [2.05, 4.69) is 24.1 Å². The quantitative estimate of drug-likeness (QED) is 0.741. The molecule has 146 valence electrons. The van der Waals surface area contributed by atoms with E-state index in [0.29, 0.717) is 12.5 Å². The lowest BCUT2D eigenvalue weighted by Crippen LogP contribution is -2.59. The molecule has 3 atom stereocenters. The highest BCUT2D eigenvalue weighted by molar-refractivity contribution is 7.91. The fourth-order valence-electron chi connectivity index (χ4n) is 5.22. The molecule has 26 heavy (non-hydrogen) atoms. The molecular weight excluding hydrogens is 354 g/mol.